The maximum Gasteiger partial charge on any atom is 0.103 e. The third-order valence-electron chi connectivity index (χ3n) is 4.72. The Morgan fingerprint density at radius 2 is 1.67 bits per heavy atom. The number of nitrogens with zero attached hydrogens (tertiary/aromatic N) is 2. The molecule has 2 aromatic carbocycles. The predicted molar refractivity (Wildman–Crippen MR) is 101 cm³/mol. The molecule has 0 saturated carbocycles. The third-order valence-corrected chi connectivity index (χ3v) is 4.72. The van der Waals surface area contributed by atoms with Gasteiger partial charge in [-0.05, 0) is 17.0 Å². The zero-order valence-electron chi connectivity index (χ0n) is 14.8. The standard InChI is InChI=1S/C21H27N3/c1-18(2)21-10-8-19(9-11-21)16-22-24-14-12-23(13-15-24)17-20-6-4-3-5-7-20/h3-11,16,18H,12-15,17H2,1-2H3/p+1/b22-16+. The average Bonchev–Trinajstić information content (AvgIpc) is 2.62. The van der Waals surface area contributed by atoms with E-state index in [-0.39, 0.29) is 0 Å². The maximum absolute atomic E-state index is 4.66. The minimum Gasteiger partial charge on any atom is -0.328 e. The molecule has 0 aromatic heterocycles. The summed E-state index contributed by atoms with van der Waals surface area (Å²) in [5, 5.41) is 6.86. The molecule has 1 heterocycles. The van der Waals surface area contributed by atoms with E-state index in [0.29, 0.717) is 5.92 Å². The lowest BCUT2D eigenvalue weighted by atomic mass is 10.0. The molecule has 1 N–H and O–H groups in total. The molecule has 1 saturated heterocycles. The van der Waals surface area contributed by atoms with Gasteiger partial charge in [-0.1, -0.05) is 68.4 Å². The minimum absolute atomic E-state index is 0.580. The van der Waals surface area contributed by atoms with Crippen molar-refractivity contribution in [2.24, 2.45) is 5.10 Å². The lowest BCUT2D eigenvalue weighted by Crippen LogP contribution is -3.13. The van der Waals surface area contributed by atoms with E-state index in [1.807, 2.05) is 6.21 Å². The second-order valence-electron chi connectivity index (χ2n) is 6.93. The number of rotatable bonds is 5. The third kappa shape index (κ3) is 4.68. The summed E-state index contributed by atoms with van der Waals surface area (Å²) in [4.78, 5) is 1.65. The van der Waals surface area contributed by atoms with E-state index in [9.17, 15) is 0 Å². The van der Waals surface area contributed by atoms with Gasteiger partial charge in [0.05, 0.1) is 32.4 Å². The molecule has 1 aliphatic rings. The summed E-state index contributed by atoms with van der Waals surface area (Å²) in [5.41, 5.74) is 3.98. The summed E-state index contributed by atoms with van der Waals surface area (Å²) < 4.78 is 0. The zero-order valence-corrected chi connectivity index (χ0v) is 14.8. The van der Waals surface area contributed by atoms with E-state index in [4.69, 9.17) is 0 Å². The van der Waals surface area contributed by atoms with Crippen LogP contribution in [0.3, 0.4) is 0 Å². The van der Waals surface area contributed by atoms with Gasteiger partial charge >= 0.3 is 0 Å². The number of nitrogens with one attached hydrogen (secondary N) is 1. The van der Waals surface area contributed by atoms with Crippen LogP contribution in [0.15, 0.2) is 59.7 Å². The number of hydrazone groups is 1. The molecular weight excluding hydrogens is 294 g/mol. The van der Waals surface area contributed by atoms with Crippen LogP contribution in [0.1, 0.15) is 36.5 Å². The average molecular weight is 322 g/mol. The number of benzene rings is 2. The van der Waals surface area contributed by atoms with Crippen LogP contribution in [-0.4, -0.2) is 37.4 Å². The van der Waals surface area contributed by atoms with Crippen molar-refractivity contribution in [3.8, 4) is 0 Å². The van der Waals surface area contributed by atoms with E-state index < -0.39 is 0 Å². The van der Waals surface area contributed by atoms with Gasteiger partial charge in [-0.15, -0.1) is 0 Å². The van der Waals surface area contributed by atoms with Crippen molar-refractivity contribution in [3.63, 3.8) is 0 Å². The monoisotopic (exact) mass is 322 g/mol. The molecule has 2 aromatic rings. The molecule has 1 aliphatic heterocycles. The molecule has 126 valence electrons. The second-order valence-corrected chi connectivity index (χ2v) is 6.93. The van der Waals surface area contributed by atoms with Crippen molar-refractivity contribution >= 4 is 6.21 Å². The SMILES string of the molecule is CC(C)c1ccc(/C=N/N2CC[NH+](Cc3ccccc3)CC2)cc1. The Hall–Kier alpha value is -2.13. The van der Waals surface area contributed by atoms with Crippen LogP contribution in [0, 0.1) is 0 Å². The van der Waals surface area contributed by atoms with E-state index in [0.717, 1.165) is 32.7 Å². The molecule has 0 radical (unpaired) electrons. The summed E-state index contributed by atoms with van der Waals surface area (Å²) in [6.45, 7) is 9.93. The van der Waals surface area contributed by atoms with Gasteiger partial charge in [-0.3, -0.25) is 5.01 Å². The van der Waals surface area contributed by atoms with Gasteiger partial charge < -0.3 is 4.90 Å². The molecule has 0 amide bonds. The number of quaternary nitrogens is 1. The summed E-state index contributed by atoms with van der Waals surface area (Å²) in [6.07, 6.45) is 1.99. The predicted octanol–water partition coefficient (Wildman–Crippen LogP) is 2.54. The zero-order chi connectivity index (χ0) is 16.8. The Bertz CT molecular complexity index is 639. The van der Waals surface area contributed by atoms with Crippen LogP contribution in [0.25, 0.3) is 0 Å². The smallest absolute Gasteiger partial charge is 0.103 e. The highest BCUT2D eigenvalue weighted by atomic mass is 15.5. The van der Waals surface area contributed by atoms with Crippen LogP contribution in [-0.2, 0) is 6.54 Å². The van der Waals surface area contributed by atoms with Gasteiger partial charge in [0, 0.05) is 5.56 Å². The summed E-state index contributed by atoms with van der Waals surface area (Å²) in [5.74, 6) is 0.580. The molecule has 3 heteroatoms. The highest BCUT2D eigenvalue weighted by Gasteiger charge is 2.18. The normalized spacial score (nSPS) is 16.2. The van der Waals surface area contributed by atoms with Gasteiger partial charge in [0.1, 0.15) is 6.54 Å². The number of piperazine rings is 1. The second kappa shape index (κ2) is 8.11. The first kappa shape index (κ1) is 16.7. The van der Waals surface area contributed by atoms with Crippen molar-refractivity contribution in [1.82, 2.24) is 5.01 Å². The Morgan fingerprint density at radius 1 is 1.00 bits per heavy atom. The molecule has 0 unspecified atom stereocenters. The van der Waals surface area contributed by atoms with E-state index >= 15 is 0 Å². The fourth-order valence-corrected chi connectivity index (χ4v) is 3.10. The molecule has 3 nitrogen and oxygen atoms in total. The van der Waals surface area contributed by atoms with E-state index in [1.165, 1.54) is 16.7 Å². The van der Waals surface area contributed by atoms with Crippen molar-refractivity contribution < 1.29 is 4.90 Å². The van der Waals surface area contributed by atoms with Crippen LogP contribution < -0.4 is 4.90 Å². The van der Waals surface area contributed by atoms with Crippen molar-refractivity contribution in [1.29, 1.82) is 0 Å². The van der Waals surface area contributed by atoms with Crippen molar-refractivity contribution in [2.75, 3.05) is 26.2 Å². The molecule has 3 rings (SSSR count). The molecule has 0 spiro atoms. The Kier molecular flexibility index (Phi) is 5.65. The quantitative estimate of drug-likeness (QED) is 0.839. The van der Waals surface area contributed by atoms with Gasteiger partial charge in [-0.2, -0.15) is 5.10 Å². The van der Waals surface area contributed by atoms with Crippen molar-refractivity contribution in [3.05, 3.63) is 71.3 Å². The number of hydrogen-bond donors (Lipinski definition) is 1. The maximum atomic E-state index is 4.66. The lowest BCUT2D eigenvalue weighted by Gasteiger charge is -2.30. The Balaban J connectivity index is 1.48. The first-order valence-corrected chi connectivity index (χ1v) is 8.97. The molecular formula is C21H28N3+. The Morgan fingerprint density at radius 3 is 2.29 bits per heavy atom. The highest BCUT2D eigenvalue weighted by Crippen LogP contribution is 2.13. The van der Waals surface area contributed by atoms with E-state index in [2.05, 4.69) is 78.6 Å². The van der Waals surface area contributed by atoms with Crippen LogP contribution in [0.4, 0.5) is 0 Å². The highest BCUT2D eigenvalue weighted by molar-refractivity contribution is 5.79. The van der Waals surface area contributed by atoms with E-state index in [1.54, 1.807) is 4.90 Å². The van der Waals surface area contributed by atoms with Gasteiger partial charge in [-0.25, -0.2) is 0 Å². The Labute approximate surface area is 145 Å². The molecule has 0 atom stereocenters. The molecule has 0 bridgehead atoms. The van der Waals surface area contributed by atoms with Gasteiger partial charge in [0.15, 0.2) is 0 Å². The first-order valence-electron chi connectivity index (χ1n) is 8.97. The van der Waals surface area contributed by atoms with Crippen LogP contribution in [0.5, 0.6) is 0 Å². The first-order chi connectivity index (χ1) is 11.7. The van der Waals surface area contributed by atoms with Gasteiger partial charge in [0.25, 0.3) is 0 Å². The minimum atomic E-state index is 0.580. The summed E-state index contributed by atoms with van der Waals surface area (Å²) >= 11 is 0. The fraction of sp³-hybridized carbons (Fsp3) is 0.381. The van der Waals surface area contributed by atoms with Gasteiger partial charge in [0.2, 0.25) is 0 Å². The number of hydrogen-bond acceptors (Lipinski definition) is 2. The van der Waals surface area contributed by atoms with Crippen LogP contribution >= 0.6 is 0 Å². The van der Waals surface area contributed by atoms with Crippen molar-refractivity contribution in [2.45, 2.75) is 26.3 Å². The molecule has 24 heavy (non-hydrogen) atoms. The fourth-order valence-electron chi connectivity index (χ4n) is 3.10. The molecule has 0 aliphatic carbocycles. The topological polar surface area (TPSA) is 20.0 Å². The summed E-state index contributed by atoms with van der Waals surface area (Å²) in [7, 11) is 0. The largest absolute Gasteiger partial charge is 0.328 e. The summed E-state index contributed by atoms with van der Waals surface area (Å²) in [6, 6.07) is 19.5. The lowest BCUT2D eigenvalue weighted by molar-refractivity contribution is -0.918. The van der Waals surface area contributed by atoms with Crippen LogP contribution in [0.2, 0.25) is 0 Å². The molecule has 1 fully saturated rings.